The molecule has 0 bridgehead atoms. The number of aromatic nitrogens is 7. The Morgan fingerprint density at radius 2 is 1.95 bits per heavy atom. The fourth-order valence-electron chi connectivity index (χ4n) is 2.48. The molecule has 2 N–H and O–H groups in total. The second-order valence-electron chi connectivity index (χ2n) is 4.94. The van der Waals surface area contributed by atoms with E-state index in [1.165, 1.54) is 29.9 Å². The highest BCUT2D eigenvalue weighted by Crippen LogP contribution is 2.31. The molecule has 4 heterocycles. The molecule has 0 amide bonds. The summed E-state index contributed by atoms with van der Waals surface area (Å²) in [5.41, 5.74) is 0.914. The van der Waals surface area contributed by atoms with Crippen LogP contribution in [0.2, 0.25) is 0 Å². The Kier molecular flexibility index (Phi) is 2.65. The largest absolute Gasteiger partial charge is 0.388 e. The molecule has 1 unspecified atom stereocenters. The van der Waals surface area contributed by atoms with Crippen molar-refractivity contribution >= 4 is 11.2 Å². The normalized spacial score (nSPS) is 29.1. The van der Waals surface area contributed by atoms with Crippen LogP contribution in [0.4, 0.5) is 0 Å². The summed E-state index contributed by atoms with van der Waals surface area (Å²) in [6.07, 6.45) is 1.87. The van der Waals surface area contributed by atoms with E-state index in [1.54, 1.807) is 4.57 Å². The molecule has 114 valence electrons. The van der Waals surface area contributed by atoms with E-state index < -0.39 is 24.5 Å². The maximum atomic E-state index is 10.2. The lowest BCUT2D eigenvalue weighted by molar-refractivity contribution is -0.0299. The minimum Gasteiger partial charge on any atom is -0.388 e. The maximum Gasteiger partial charge on any atom is 0.170 e. The van der Waals surface area contributed by atoms with Crippen LogP contribution in [-0.4, -0.2) is 62.8 Å². The molecule has 4 rings (SSSR count). The average molecular weight is 304 g/mol. The fraction of sp³-hybridized carbons (Fsp3) is 0.417. The monoisotopic (exact) mass is 304 g/mol. The number of hydrogen-bond donors (Lipinski definition) is 2. The molecule has 0 radical (unpaired) electrons. The topological polar surface area (TPSA) is 124 Å². The standard InChI is InChI=1S/C12H13N7O3/c1-6-8(20)9(21)12(22-6)19-3-15-7-10(13-2-14-11(7)19)18-4-16-17-5-18/h2-6,8-9,12,20-21H,1H3/t6-,8?,9+,12-/m1/s1/i1D. The van der Waals surface area contributed by atoms with Crippen molar-refractivity contribution in [3.8, 4) is 5.82 Å². The van der Waals surface area contributed by atoms with E-state index in [0.717, 1.165) is 0 Å². The number of imidazole rings is 1. The van der Waals surface area contributed by atoms with Gasteiger partial charge in [-0.25, -0.2) is 15.0 Å². The molecular formula is C12H13N7O3. The van der Waals surface area contributed by atoms with Crippen LogP contribution < -0.4 is 0 Å². The van der Waals surface area contributed by atoms with Crippen molar-refractivity contribution in [2.45, 2.75) is 31.4 Å². The average Bonchev–Trinajstić information content (AvgIpc) is 3.28. The van der Waals surface area contributed by atoms with Crippen molar-refractivity contribution in [1.29, 1.82) is 0 Å². The third-order valence-electron chi connectivity index (χ3n) is 3.61. The Bertz CT molecular complexity index is 823. The van der Waals surface area contributed by atoms with Gasteiger partial charge in [0, 0.05) is 1.37 Å². The Labute approximate surface area is 125 Å². The third-order valence-corrected chi connectivity index (χ3v) is 3.61. The number of aliphatic hydroxyl groups is 2. The van der Waals surface area contributed by atoms with Crippen LogP contribution in [-0.2, 0) is 4.74 Å². The first-order valence-corrected chi connectivity index (χ1v) is 6.54. The van der Waals surface area contributed by atoms with E-state index >= 15 is 0 Å². The zero-order chi connectivity index (χ0) is 16.0. The third kappa shape index (κ3) is 1.81. The van der Waals surface area contributed by atoms with E-state index in [2.05, 4.69) is 25.1 Å². The van der Waals surface area contributed by atoms with Crippen molar-refractivity contribution in [2.75, 3.05) is 0 Å². The summed E-state index contributed by atoms with van der Waals surface area (Å²) in [4.78, 5) is 12.6. The minimum absolute atomic E-state index is 0.150. The van der Waals surface area contributed by atoms with Crippen molar-refractivity contribution in [2.24, 2.45) is 0 Å². The molecule has 0 spiro atoms. The molecule has 1 aliphatic rings. The molecule has 1 fully saturated rings. The lowest BCUT2D eigenvalue weighted by Gasteiger charge is -2.16. The SMILES string of the molecule is [2H]C[C@H]1O[C@@H](n2cnc3c(-n4cnnc4)ncnc32)[C@@H](O)C1O. The number of fused-ring (bicyclic) bond motifs is 1. The highest BCUT2D eigenvalue weighted by molar-refractivity contribution is 5.78. The van der Waals surface area contributed by atoms with Crippen molar-refractivity contribution < 1.29 is 16.3 Å². The predicted molar refractivity (Wildman–Crippen MR) is 71.8 cm³/mol. The number of aliphatic hydroxyl groups excluding tert-OH is 2. The first kappa shape index (κ1) is 12.1. The lowest BCUT2D eigenvalue weighted by atomic mass is 10.1. The van der Waals surface area contributed by atoms with Crippen molar-refractivity contribution in [3.63, 3.8) is 0 Å². The molecule has 0 aromatic carbocycles. The second kappa shape index (κ2) is 4.80. The first-order chi connectivity index (χ1) is 11.2. The fourth-order valence-corrected chi connectivity index (χ4v) is 2.48. The van der Waals surface area contributed by atoms with Gasteiger partial charge in [-0.1, -0.05) is 0 Å². The number of ether oxygens (including phenoxy) is 1. The molecule has 22 heavy (non-hydrogen) atoms. The molecule has 3 aromatic heterocycles. The number of nitrogens with zero attached hydrogens (tertiary/aromatic N) is 7. The summed E-state index contributed by atoms with van der Waals surface area (Å²) >= 11 is 0. The van der Waals surface area contributed by atoms with Gasteiger partial charge >= 0.3 is 0 Å². The van der Waals surface area contributed by atoms with Gasteiger partial charge in [0.05, 0.1) is 12.4 Å². The van der Waals surface area contributed by atoms with Gasteiger partial charge in [0.25, 0.3) is 0 Å². The summed E-state index contributed by atoms with van der Waals surface area (Å²) in [6, 6.07) is 0. The quantitative estimate of drug-likeness (QED) is 0.620. The molecule has 0 saturated carbocycles. The van der Waals surface area contributed by atoms with E-state index in [1.807, 2.05) is 0 Å². The van der Waals surface area contributed by atoms with E-state index in [0.29, 0.717) is 17.0 Å². The van der Waals surface area contributed by atoms with Crippen LogP contribution in [0.5, 0.6) is 0 Å². The molecule has 0 aliphatic carbocycles. The highest BCUT2D eigenvalue weighted by Gasteiger charge is 2.42. The minimum atomic E-state index is -1.17. The van der Waals surface area contributed by atoms with E-state index in [9.17, 15) is 10.2 Å². The summed E-state index contributed by atoms with van der Waals surface area (Å²) in [5.74, 6) is 0.490. The van der Waals surface area contributed by atoms with Crippen LogP contribution in [0, 0.1) is 0 Å². The highest BCUT2D eigenvalue weighted by atomic mass is 16.6. The molecular weight excluding hydrogens is 290 g/mol. The summed E-state index contributed by atoms with van der Waals surface area (Å²) in [7, 11) is 0. The van der Waals surface area contributed by atoms with E-state index in [4.69, 9.17) is 6.11 Å². The van der Waals surface area contributed by atoms with Gasteiger partial charge in [0.2, 0.25) is 0 Å². The lowest BCUT2D eigenvalue weighted by Crippen LogP contribution is -2.30. The van der Waals surface area contributed by atoms with Gasteiger partial charge in [-0.05, 0) is 6.90 Å². The summed E-state index contributed by atoms with van der Waals surface area (Å²) < 4.78 is 16.0. The molecule has 1 saturated heterocycles. The maximum absolute atomic E-state index is 10.2. The van der Waals surface area contributed by atoms with Gasteiger partial charge in [-0.3, -0.25) is 9.13 Å². The molecule has 4 atom stereocenters. The van der Waals surface area contributed by atoms with Gasteiger partial charge in [-0.2, -0.15) is 0 Å². The predicted octanol–water partition coefficient (Wildman–Crippen LogP) is -0.954. The first-order valence-electron chi connectivity index (χ1n) is 7.24. The number of rotatable bonds is 2. The van der Waals surface area contributed by atoms with Crippen LogP contribution in [0.1, 0.15) is 14.5 Å². The van der Waals surface area contributed by atoms with E-state index in [-0.39, 0.29) is 6.90 Å². The smallest absolute Gasteiger partial charge is 0.170 e. The summed E-state index contributed by atoms with van der Waals surface area (Å²) in [5, 5.41) is 27.6. The van der Waals surface area contributed by atoms with Gasteiger partial charge in [0.1, 0.15) is 31.2 Å². The van der Waals surface area contributed by atoms with Crippen molar-refractivity contribution in [3.05, 3.63) is 25.3 Å². The van der Waals surface area contributed by atoms with Gasteiger partial charge in [-0.15, -0.1) is 10.2 Å². The van der Waals surface area contributed by atoms with Crippen LogP contribution in [0.3, 0.4) is 0 Å². The van der Waals surface area contributed by atoms with Gasteiger partial charge in [0.15, 0.2) is 23.2 Å². The Morgan fingerprint density at radius 3 is 2.68 bits per heavy atom. The van der Waals surface area contributed by atoms with Gasteiger partial charge < -0.3 is 14.9 Å². The second-order valence-corrected chi connectivity index (χ2v) is 4.94. The molecule has 3 aromatic rings. The molecule has 10 heteroatoms. The van der Waals surface area contributed by atoms with Crippen LogP contribution in [0.25, 0.3) is 17.0 Å². The summed E-state index contributed by atoms with van der Waals surface area (Å²) in [6.45, 7) is -0.150. The molecule has 10 nitrogen and oxygen atoms in total. The van der Waals surface area contributed by atoms with Crippen LogP contribution >= 0.6 is 0 Å². The zero-order valence-corrected chi connectivity index (χ0v) is 11.3. The van der Waals surface area contributed by atoms with Crippen LogP contribution in [0.15, 0.2) is 25.3 Å². The van der Waals surface area contributed by atoms with Crippen molar-refractivity contribution in [1.82, 2.24) is 34.3 Å². The Morgan fingerprint density at radius 1 is 1.14 bits per heavy atom. The Balaban J connectivity index is 1.80. The zero-order valence-electron chi connectivity index (χ0n) is 12.3. The Hall–Kier alpha value is -2.43. The number of hydrogen-bond acceptors (Lipinski definition) is 8. The molecule has 1 aliphatic heterocycles.